The summed E-state index contributed by atoms with van der Waals surface area (Å²) >= 11 is 0. The van der Waals surface area contributed by atoms with Gasteiger partial charge in [-0.3, -0.25) is 4.72 Å². The summed E-state index contributed by atoms with van der Waals surface area (Å²) in [4.78, 5) is 4.71. The van der Waals surface area contributed by atoms with E-state index in [1.807, 2.05) is 29.8 Å². The maximum absolute atomic E-state index is 12.5. The number of imidazole rings is 1. The largest absolute Gasteiger partial charge is 0.331 e. The molecule has 0 aliphatic heterocycles. The third-order valence-electron chi connectivity index (χ3n) is 5.62. The van der Waals surface area contributed by atoms with Crippen molar-refractivity contribution in [2.24, 2.45) is 13.0 Å². The lowest BCUT2D eigenvalue weighted by Crippen LogP contribution is -2.21. The zero-order valence-electron chi connectivity index (χ0n) is 16.4. The number of rotatable bonds is 6. The van der Waals surface area contributed by atoms with Gasteiger partial charge in [0, 0.05) is 13.5 Å². The molecule has 0 saturated heterocycles. The Hall–Kier alpha value is -2.85. The molecule has 29 heavy (non-hydrogen) atoms. The molecule has 2 aromatic carbocycles. The number of fused-ring (bicyclic) bond motifs is 1. The summed E-state index contributed by atoms with van der Waals surface area (Å²) in [6, 6.07) is 15.1. The van der Waals surface area contributed by atoms with Crippen molar-refractivity contribution < 1.29 is 8.42 Å². The average Bonchev–Trinajstić information content (AvgIpc) is 3.29. The Bertz CT molecular complexity index is 1170. The Balaban J connectivity index is 1.54. The second-order valence-electron chi connectivity index (χ2n) is 7.81. The Morgan fingerprint density at radius 3 is 2.59 bits per heavy atom. The van der Waals surface area contributed by atoms with Crippen LogP contribution in [0.15, 0.2) is 42.5 Å². The molecule has 1 N–H and O–H groups in total. The molecule has 6 nitrogen and oxygen atoms in total. The van der Waals surface area contributed by atoms with Crippen LogP contribution in [-0.2, 0) is 23.5 Å². The van der Waals surface area contributed by atoms with Crippen molar-refractivity contribution in [3.63, 3.8) is 0 Å². The Morgan fingerprint density at radius 1 is 1.17 bits per heavy atom. The standard InChI is InChI=1S/C22H24N4O2S/c1-26-21-11-10-19(25-29(27,28)15-18-4-2-3-5-18)13-20(21)24-22(26)12-16-6-8-17(14-23)9-7-16/h6-11,13,18,25H,2-5,12,15H2,1H3. The number of nitrogens with zero attached hydrogens (tertiary/aromatic N) is 3. The van der Waals surface area contributed by atoms with Crippen molar-refractivity contribution >= 4 is 26.7 Å². The summed E-state index contributed by atoms with van der Waals surface area (Å²) < 4.78 is 29.7. The monoisotopic (exact) mass is 408 g/mol. The van der Waals surface area contributed by atoms with Crippen LogP contribution in [0.25, 0.3) is 11.0 Å². The first-order valence-corrected chi connectivity index (χ1v) is 11.5. The molecule has 1 aromatic heterocycles. The number of nitrogens with one attached hydrogen (secondary N) is 1. The molecule has 0 bridgehead atoms. The van der Waals surface area contributed by atoms with Crippen LogP contribution < -0.4 is 4.72 Å². The van der Waals surface area contributed by atoms with Gasteiger partial charge in [0.1, 0.15) is 5.82 Å². The predicted molar refractivity (Wildman–Crippen MR) is 114 cm³/mol. The van der Waals surface area contributed by atoms with Crippen LogP contribution in [0.2, 0.25) is 0 Å². The topological polar surface area (TPSA) is 87.8 Å². The quantitative estimate of drug-likeness (QED) is 0.668. The summed E-state index contributed by atoms with van der Waals surface area (Å²) in [6.07, 6.45) is 4.89. The lowest BCUT2D eigenvalue weighted by atomic mass is 10.1. The number of anilines is 1. The van der Waals surface area contributed by atoms with Gasteiger partial charge in [0.25, 0.3) is 0 Å². The second kappa shape index (κ2) is 7.88. The summed E-state index contributed by atoms with van der Waals surface area (Å²) in [7, 11) is -1.40. The van der Waals surface area contributed by atoms with Crippen LogP contribution in [-0.4, -0.2) is 23.7 Å². The Labute approximate surface area is 171 Å². The number of aryl methyl sites for hydroxylation is 1. The van der Waals surface area contributed by atoms with Gasteiger partial charge >= 0.3 is 0 Å². The molecule has 4 rings (SSSR count). The molecule has 0 amide bonds. The highest BCUT2D eigenvalue weighted by Crippen LogP contribution is 2.27. The van der Waals surface area contributed by atoms with Crippen LogP contribution in [0, 0.1) is 17.2 Å². The summed E-state index contributed by atoms with van der Waals surface area (Å²) in [5.74, 6) is 1.35. The summed E-state index contributed by atoms with van der Waals surface area (Å²) in [5, 5.41) is 8.93. The van der Waals surface area contributed by atoms with Crippen LogP contribution in [0.3, 0.4) is 0 Å². The molecule has 1 heterocycles. The third kappa shape index (κ3) is 4.43. The first-order chi connectivity index (χ1) is 13.9. The molecule has 150 valence electrons. The molecular formula is C22H24N4O2S. The van der Waals surface area contributed by atoms with Crippen molar-refractivity contribution in [2.75, 3.05) is 10.5 Å². The number of hydrogen-bond donors (Lipinski definition) is 1. The molecule has 1 aliphatic rings. The summed E-state index contributed by atoms with van der Waals surface area (Å²) in [6.45, 7) is 0. The fraction of sp³-hybridized carbons (Fsp3) is 0.364. The number of aromatic nitrogens is 2. The van der Waals surface area contributed by atoms with E-state index >= 15 is 0 Å². The predicted octanol–water partition coefficient (Wildman–Crippen LogP) is 3.97. The molecule has 0 spiro atoms. The maximum atomic E-state index is 12.5. The first kappa shape index (κ1) is 19.5. The SMILES string of the molecule is Cn1c(Cc2ccc(C#N)cc2)nc2cc(NS(=O)(=O)CC3CCCC3)ccc21. The minimum atomic E-state index is -3.36. The minimum Gasteiger partial charge on any atom is -0.331 e. The third-order valence-corrected chi connectivity index (χ3v) is 7.08. The number of hydrogen-bond acceptors (Lipinski definition) is 4. The highest BCUT2D eigenvalue weighted by molar-refractivity contribution is 7.92. The van der Waals surface area contributed by atoms with Gasteiger partial charge in [-0.1, -0.05) is 25.0 Å². The molecule has 0 atom stereocenters. The molecule has 0 unspecified atom stereocenters. The molecule has 0 radical (unpaired) electrons. The van der Waals surface area contributed by atoms with Gasteiger partial charge in [-0.2, -0.15) is 5.26 Å². The van der Waals surface area contributed by atoms with Crippen molar-refractivity contribution in [1.29, 1.82) is 5.26 Å². The fourth-order valence-electron chi connectivity index (χ4n) is 4.06. The lowest BCUT2D eigenvalue weighted by molar-refractivity contribution is 0.563. The molecular weight excluding hydrogens is 384 g/mol. The van der Waals surface area contributed by atoms with Crippen LogP contribution in [0.1, 0.15) is 42.6 Å². The number of benzene rings is 2. The second-order valence-corrected chi connectivity index (χ2v) is 9.58. The number of nitriles is 1. The fourth-order valence-corrected chi connectivity index (χ4v) is 5.58. The van der Waals surface area contributed by atoms with Gasteiger partial charge in [0.05, 0.1) is 34.1 Å². The van der Waals surface area contributed by atoms with Crippen molar-refractivity contribution in [3.8, 4) is 6.07 Å². The average molecular weight is 409 g/mol. The van der Waals surface area contributed by atoms with Gasteiger partial charge in [0.15, 0.2) is 0 Å². The van der Waals surface area contributed by atoms with Crippen LogP contribution in [0.5, 0.6) is 0 Å². The van der Waals surface area contributed by atoms with Gasteiger partial charge in [-0.05, 0) is 54.7 Å². The smallest absolute Gasteiger partial charge is 0.232 e. The zero-order chi connectivity index (χ0) is 20.4. The maximum Gasteiger partial charge on any atom is 0.232 e. The zero-order valence-corrected chi connectivity index (χ0v) is 17.2. The summed E-state index contributed by atoms with van der Waals surface area (Å²) in [5.41, 5.74) is 3.97. The normalized spacial score (nSPS) is 14.9. The van der Waals surface area contributed by atoms with Crippen LogP contribution in [0.4, 0.5) is 5.69 Å². The number of sulfonamides is 1. The van der Waals surface area contributed by atoms with E-state index in [2.05, 4.69) is 10.8 Å². The van der Waals surface area contributed by atoms with E-state index in [1.54, 1.807) is 24.3 Å². The Morgan fingerprint density at radius 2 is 1.90 bits per heavy atom. The van der Waals surface area contributed by atoms with E-state index in [0.29, 0.717) is 17.7 Å². The molecule has 1 saturated carbocycles. The molecule has 1 fully saturated rings. The van der Waals surface area contributed by atoms with E-state index < -0.39 is 10.0 Å². The van der Waals surface area contributed by atoms with E-state index in [4.69, 9.17) is 10.2 Å². The van der Waals surface area contributed by atoms with E-state index in [1.165, 1.54) is 0 Å². The van der Waals surface area contributed by atoms with E-state index in [9.17, 15) is 8.42 Å². The molecule has 3 aromatic rings. The van der Waals surface area contributed by atoms with Crippen molar-refractivity contribution in [2.45, 2.75) is 32.1 Å². The van der Waals surface area contributed by atoms with Crippen molar-refractivity contribution in [3.05, 3.63) is 59.4 Å². The molecule has 7 heteroatoms. The highest BCUT2D eigenvalue weighted by atomic mass is 32.2. The van der Waals surface area contributed by atoms with Gasteiger partial charge in [-0.15, -0.1) is 0 Å². The minimum absolute atomic E-state index is 0.192. The first-order valence-electron chi connectivity index (χ1n) is 9.88. The van der Waals surface area contributed by atoms with Gasteiger partial charge in [0.2, 0.25) is 10.0 Å². The van der Waals surface area contributed by atoms with Crippen LogP contribution >= 0.6 is 0 Å². The van der Waals surface area contributed by atoms with Crippen molar-refractivity contribution in [1.82, 2.24) is 9.55 Å². The van der Waals surface area contributed by atoms with E-state index in [-0.39, 0.29) is 11.7 Å². The van der Waals surface area contributed by atoms with Gasteiger partial charge < -0.3 is 4.57 Å². The Kier molecular flexibility index (Phi) is 5.29. The van der Waals surface area contributed by atoms with E-state index in [0.717, 1.165) is 48.1 Å². The molecule has 1 aliphatic carbocycles. The highest BCUT2D eigenvalue weighted by Gasteiger charge is 2.22. The lowest BCUT2D eigenvalue weighted by Gasteiger charge is -2.12. The van der Waals surface area contributed by atoms with Gasteiger partial charge in [-0.25, -0.2) is 13.4 Å².